The van der Waals surface area contributed by atoms with Crippen molar-refractivity contribution >= 4 is 5.97 Å². The van der Waals surface area contributed by atoms with Crippen LogP contribution in [0.5, 0.6) is 11.5 Å². The van der Waals surface area contributed by atoms with Gasteiger partial charge in [0.1, 0.15) is 11.5 Å². The fourth-order valence-corrected chi connectivity index (χ4v) is 1.99. The minimum Gasteiger partial charge on any atom is -0.496 e. The van der Waals surface area contributed by atoms with Crippen LogP contribution in [0.25, 0.3) is 0 Å². The summed E-state index contributed by atoms with van der Waals surface area (Å²) in [7, 11) is 3.24. The van der Waals surface area contributed by atoms with E-state index in [9.17, 15) is 4.79 Å². The van der Waals surface area contributed by atoms with Crippen LogP contribution in [0.15, 0.2) is 12.1 Å². The molecule has 0 aliphatic carbocycles. The van der Waals surface area contributed by atoms with Crippen LogP contribution in [0, 0.1) is 0 Å². The highest BCUT2D eigenvalue weighted by Crippen LogP contribution is 2.30. The molecule has 106 valence electrons. The minimum atomic E-state index is -0.258. The third kappa shape index (κ3) is 4.16. The van der Waals surface area contributed by atoms with E-state index in [0.717, 1.165) is 29.7 Å². The van der Waals surface area contributed by atoms with Gasteiger partial charge in [-0.05, 0) is 31.0 Å². The predicted octanol–water partition coefficient (Wildman–Crippen LogP) is 2.76. The highest BCUT2D eigenvalue weighted by molar-refractivity contribution is 5.74. The molecule has 0 aromatic heterocycles. The van der Waals surface area contributed by atoms with E-state index in [1.807, 2.05) is 12.1 Å². The standard InChI is InChI=1S/C15H22O4/c1-5-7-11-8-14(18-4)12(9-13(11)17-3)10-15(16)19-6-2/h8-9H,5-7,10H2,1-4H3. The predicted molar refractivity (Wildman–Crippen MR) is 73.9 cm³/mol. The molecule has 0 aliphatic rings. The number of hydrogen-bond acceptors (Lipinski definition) is 4. The summed E-state index contributed by atoms with van der Waals surface area (Å²) in [5.74, 6) is 1.24. The van der Waals surface area contributed by atoms with Gasteiger partial charge in [0.05, 0.1) is 27.2 Å². The summed E-state index contributed by atoms with van der Waals surface area (Å²) in [5, 5.41) is 0. The van der Waals surface area contributed by atoms with E-state index in [2.05, 4.69) is 6.92 Å². The second kappa shape index (κ2) is 7.67. The Morgan fingerprint density at radius 2 is 1.63 bits per heavy atom. The molecular weight excluding hydrogens is 244 g/mol. The summed E-state index contributed by atoms with van der Waals surface area (Å²) >= 11 is 0. The molecule has 0 N–H and O–H groups in total. The molecule has 0 fully saturated rings. The zero-order chi connectivity index (χ0) is 14.3. The lowest BCUT2D eigenvalue weighted by molar-refractivity contribution is -0.142. The van der Waals surface area contributed by atoms with E-state index in [1.165, 1.54) is 0 Å². The highest BCUT2D eigenvalue weighted by atomic mass is 16.5. The topological polar surface area (TPSA) is 44.8 Å². The number of carbonyl (C=O) groups excluding carboxylic acids is 1. The second-order valence-electron chi connectivity index (χ2n) is 4.21. The van der Waals surface area contributed by atoms with Gasteiger partial charge < -0.3 is 14.2 Å². The van der Waals surface area contributed by atoms with E-state index in [1.54, 1.807) is 21.1 Å². The van der Waals surface area contributed by atoms with Crippen molar-refractivity contribution in [2.45, 2.75) is 33.1 Å². The number of carbonyl (C=O) groups is 1. The maximum Gasteiger partial charge on any atom is 0.310 e. The number of aryl methyl sites for hydroxylation is 1. The molecule has 19 heavy (non-hydrogen) atoms. The molecule has 1 aromatic carbocycles. The van der Waals surface area contributed by atoms with Crippen molar-refractivity contribution < 1.29 is 19.0 Å². The van der Waals surface area contributed by atoms with Crippen molar-refractivity contribution in [2.24, 2.45) is 0 Å². The number of methoxy groups -OCH3 is 2. The summed E-state index contributed by atoms with van der Waals surface area (Å²) in [4.78, 5) is 11.6. The van der Waals surface area contributed by atoms with Gasteiger partial charge in [0, 0.05) is 5.56 Å². The third-order valence-electron chi connectivity index (χ3n) is 2.84. The minimum absolute atomic E-state index is 0.194. The third-order valence-corrected chi connectivity index (χ3v) is 2.84. The van der Waals surface area contributed by atoms with Crippen LogP contribution in [0.2, 0.25) is 0 Å². The molecule has 0 unspecified atom stereocenters. The largest absolute Gasteiger partial charge is 0.496 e. The Balaban J connectivity index is 3.05. The lowest BCUT2D eigenvalue weighted by Crippen LogP contribution is -2.09. The smallest absolute Gasteiger partial charge is 0.310 e. The van der Waals surface area contributed by atoms with Crippen LogP contribution in [0.4, 0.5) is 0 Å². The molecule has 0 aliphatic heterocycles. The van der Waals surface area contributed by atoms with E-state index < -0.39 is 0 Å². The van der Waals surface area contributed by atoms with Crippen LogP contribution in [-0.2, 0) is 22.4 Å². The molecule has 1 rings (SSSR count). The van der Waals surface area contributed by atoms with E-state index in [0.29, 0.717) is 12.4 Å². The zero-order valence-corrected chi connectivity index (χ0v) is 12.1. The molecule has 0 bridgehead atoms. The summed E-state index contributed by atoms with van der Waals surface area (Å²) in [5.41, 5.74) is 1.88. The Bertz CT molecular complexity index is 426. The molecule has 0 radical (unpaired) electrons. The van der Waals surface area contributed by atoms with Gasteiger partial charge in [0.15, 0.2) is 0 Å². The summed E-state index contributed by atoms with van der Waals surface area (Å²) in [6.45, 7) is 4.28. The Kier molecular flexibility index (Phi) is 6.19. The average molecular weight is 266 g/mol. The van der Waals surface area contributed by atoms with Crippen molar-refractivity contribution in [1.82, 2.24) is 0 Å². The first-order chi connectivity index (χ1) is 9.15. The normalized spacial score (nSPS) is 10.1. The fraction of sp³-hybridized carbons (Fsp3) is 0.533. The van der Waals surface area contributed by atoms with Gasteiger partial charge in [-0.3, -0.25) is 4.79 Å². The first kappa shape index (κ1) is 15.3. The van der Waals surface area contributed by atoms with Crippen molar-refractivity contribution in [3.63, 3.8) is 0 Å². The van der Waals surface area contributed by atoms with Crippen LogP contribution < -0.4 is 9.47 Å². The maximum absolute atomic E-state index is 11.6. The molecule has 4 heteroatoms. The summed E-state index contributed by atoms with van der Waals surface area (Å²) in [6, 6.07) is 3.80. The number of hydrogen-bond donors (Lipinski definition) is 0. The molecule has 0 saturated heterocycles. The molecule has 0 saturated carbocycles. The SMILES string of the molecule is CCCc1cc(OC)c(CC(=O)OCC)cc1OC. The Morgan fingerprint density at radius 3 is 2.16 bits per heavy atom. The monoisotopic (exact) mass is 266 g/mol. The Morgan fingerprint density at radius 1 is 1.05 bits per heavy atom. The van der Waals surface area contributed by atoms with Crippen molar-refractivity contribution in [1.29, 1.82) is 0 Å². The quantitative estimate of drug-likeness (QED) is 0.712. The van der Waals surface area contributed by atoms with E-state index in [-0.39, 0.29) is 12.4 Å². The van der Waals surface area contributed by atoms with Crippen molar-refractivity contribution in [3.05, 3.63) is 23.3 Å². The van der Waals surface area contributed by atoms with Gasteiger partial charge in [-0.15, -0.1) is 0 Å². The molecule has 0 heterocycles. The molecular formula is C15H22O4. The highest BCUT2D eigenvalue weighted by Gasteiger charge is 2.14. The molecule has 1 aromatic rings. The van der Waals surface area contributed by atoms with Crippen molar-refractivity contribution in [2.75, 3.05) is 20.8 Å². The van der Waals surface area contributed by atoms with Crippen LogP contribution in [0.1, 0.15) is 31.4 Å². The van der Waals surface area contributed by atoms with Gasteiger partial charge in [-0.2, -0.15) is 0 Å². The lowest BCUT2D eigenvalue weighted by Gasteiger charge is -2.14. The second-order valence-corrected chi connectivity index (χ2v) is 4.21. The first-order valence-electron chi connectivity index (χ1n) is 6.55. The van der Waals surface area contributed by atoms with Gasteiger partial charge in [-0.1, -0.05) is 13.3 Å². The number of esters is 1. The molecule has 0 atom stereocenters. The molecule has 0 spiro atoms. The van der Waals surface area contributed by atoms with Gasteiger partial charge in [-0.25, -0.2) is 0 Å². The molecule has 0 amide bonds. The van der Waals surface area contributed by atoms with Crippen LogP contribution >= 0.6 is 0 Å². The average Bonchev–Trinajstić information content (AvgIpc) is 2.40. The Labute approximate surface area is 114 Å². The van der Waals surface area contributed by atoms with Gasteiger partial charge >= 0.3 is 5.97 Å². The lowest BCUT2D eigenvalue weighted by atomic mass is 10.0. The van der Waals surface area contributed by atoms with Gasteiger partial charge in [0.2, 0.25) is 0 Å². The number of rotatable bonds is 7. The van der Waals surface area contributed by atoms with Crippen molar-refractivity contribution in [3.8, 4) is 11.5 Å². The summed E-state index contributed by atoms with van der Waals surface area (Å²) < 4.78 is 15.7. The molecule has 4 nitrogen and oxygen atoms in total. The van der Waals surface area contributed by atoms with E-state index in [4.69, 9.17) is 14.2 Å². The number of ether oxygens (including phenoxy) is 3. The van der Waals surface area contributed by atoms with E-state index >= 15 is 0 Å². The fourth-order valence-electron chi connectivity index (χ4n) is 1.99. The van der Waals surface area contributed by atoms with Crippen LogP contribution in [0.3, 0.4) is 0 Å². The van der Waals surface area contributed by atoms with Crippen LogP contribution in [-0.4, -0.2) is 26.8 Å². The summed E-state index contributed by atoms with van der Waals surface area (Å²) in [6.07, 6.45) is 2.13. The maximum atomic E-state index is 11.6. The first-order valence-corrected chi connectivity index (χ1v) is 6.55. The Hall–Kier alpha value is -1.71. The number of benzene rings is 1. The van der Waals surface area contributed by atoms with Gasteiger partial charge in [0.25, 0.3) is 0 Å². The zero-order valence-electron chi connectivity index (χ0n) is 12.1.